The van der Waals surface area contributed by atoms with Gasteiger partial charge < -0.3 is 10.5 Å². The Kier molecular flexibility index (Phi) is 6.39. The Morgan fingerprint density at radius 2 is 1.62 bits per heavy atom. The van der Waals surface area contributed by atoms with Crippen molar-refractivity contribution < 1.29 is 31.2 Å². The van der Waals surface area contributed by atoms with E-state index < -0.39 is 30.8 Å². The molecule has 0 amide bonds. The number of sulfonamides is 1. The third-order valence-electron chi connectivity index (χ3n) is 4.82. The van der Waals surface area contributed by atoms with E-state index in [0.717, 1.165) is 0 Å². The van der Waals surface area contributed by atoms with Crippen molar-refractivity contribution in [3.63, 3.8) is 0 Å². The molecular weight excluding hydrogens is 451 g/mol. The van der Waals surface area contributed by atoms with Crippen LogP contribution in [-0.4, -0.2) is 38.4 Å². The molecule has 170 valence electrons. The van der Waals surface area contributed by atoms with Crippen LogP contribution in [0, 0.1) is 10.1 Å². The second kappa shape index (κ2) is 8.73. The van der Waals surface area contributed by atoms with Crippen LogP contribution in [0.25, 0.3) is 0 Å². The third kappa shape index (κ3) is 4.66. The first-order valence-corrected chi connectivity index (χ1v) is 10.9. The number of nitrogens with two attached hydrogens (primary N) is 1. The lowest BCUT2D eigenvalue weighted by Crippen LogP contribution is -2.58. The maximum absolute atomic E-state index is 13.1. The molecule has 1 heterocycles. The summed E-state index contributed by atoms with van der Waals surface area (Å²) >= 11 is 0. The molecule has 12 heteroatoms. The van der Waals surface area contributed by atoms with Crippen molar-refractivity contribution >= 4 is 21.4 Å². The molecule has 0 saturated heterocycles. The van der Waals surface area contributed by atoms with Gasteiger partial charge in [-0.15, -0.1) is 0 Å². The average Bonchev–Trinajstić information content (AvgIpc) is 2.72. The smallest absolute Gasteiger partial charge is 0.408 e. The molecule has 0 bridgehead atoms. The summed E-state index contributed by atoms with van der Waals surface area (Å²) < 4.78 is 69.8. The fourth-order valence-electron chi connectivity index (χ4n) is 3.41. The average molecular weight is 470 g/mol. The number of nitro groups is 1. The van der Waals surface area contributed by atoms with Crippen LogP contribution in [0.3, 0.4) is 0 Å². The Morgan fingerprint density at radius 3 is 2.12 bits per heavy atom. The van der Waals surface area contributed by atoms with E-state index in [1.807, 2.05) is 0 Å². The van der Waals surface area contributed by atoms with E-state index in [1.54, 1.807) is 6.08 Å². The SMILES string of the molecule is NCC1=CC=CC[N+]1(c1ccc(Oc2ccc([N+](=O)[O-])cc2)cc1)S(=O)(=O)CC(F)(F)F. The van der Waals surface area contributed by atoms with Crippen LogP contribution in [0.4, 0.5) is 24.5 Å². The van der Waals surface area contributed by atoms with Gasteiger partial charge in [0.1, 0.15) is 23.7 Å². The quantitative estimate of drug-likeness (QED) is 0.372. The highest BCUT2D eigenvalue weighted by molar-refractivity contribution is 7.91. The minimum Gasteiger partial charge on any atom is -0.457 e. The summed E-state index contributed by atoms with van der Waals surface area (Å²) in [6, 6.07) is 10.8. The highest BCUT2D eigenvalue weighted by Gasteiger charge is 2.52. The van der Waals surface area contributed by atoms with Gasteiger partial charge in [-0.25, -0.2) is 0 Å². The molecule has 0 radical (unpaired) electrons. The Bertz CT molecular complexity index is 1160. The van der Waals surface area contributed by atoms with Crippen LogP contribution in [-0.2, 0) is 10.0 Å². The molecule has 32 heavy (non-hydrogen) atoms. The van der Waals surface area contributed by atoms with Gasteiger partial charge in [-0.3, -0.25) is 10.1 Å². The number of nitro benzene ring substituents is 1. The highest BCUT2D eigenvalue weighted by atomic mass is 32.2. The van der Waals surface area contributed by atoms with Gasteiger partial charge in [0.15, 0.2) is 11.4 Å². The number of quaternary nitrogens is 1. The predicted octanol–water partition coefficient (Wildman–Crippen LogP) is 4.00. The molecule has 2 N–H and O–H groups in total. The van der Waals surface area contributed by atoms with E-state index in [2.05, 4.69) is 0 Å². The van der Waals surface area contributed by atoms with Crippen LogP contribution >= 0.6 is 0 Å². The zero-order valence-corrected chi connectivity index (χ0v) is 17.3. The number of non-ortho nitro benzene ring substituents is 1. The van der Waals surface area contributed by atoms with E-state index in [0.29, 0.717) is 5.75 Å². The number of ether oxygens (including phenoxy) is 1. The summed E-state index contributed by atoms with van der Waals surface area (Å²) in [4.78, 5) is 10.2. The van der Waals surface area contributed by atoms with Crippen molar-refractivity contribution in [1.82, 2.24) is 3.89 Å². The standard InChI is InChI=1S/C20H19F3N3O5S/c21-20(22,23)14-32(29,30)26(12-2-1-3-17(26)13-24)16-6-10-19(11-7-16)31-18-8-4-15(5-9-18)25(27)28/h1-11H,12-14,24H2/q+1. The van der Waals surface area contributed by atoms with Gasteiger partial charge in [0, 0.05) is 24.3 Å². The molecule has 1 aliphatic heterocycles. The Hall–Kier alpha value is -3.22. The van der Waals surface area contributed by atoms with Gasteiger partial charge in [0.2, 0.25) is 0 Å². The van der Waals surface area contributed by atoms with Gasteiger partial charge in [0.25, 0.3) is 5.69 Å². The van der Waals surface area contributed by atoms with Gasteiger partial charge in [-0.05, 0) is 36.4 Å². The Morgan fingerprint density at radius 1 is 1.06 bits per heavy atom. The van der Waals surface area contributed by atoms with Crippen LogP contribution in [0.2, 0.25) is 0 Å². The number of halogens is 3. The van der Waals surface area contributed by atoms with E-state index in [9.17, 15) is 31.7 Å². The Labute approximate surface area is 181 Å². The molecular formula is C20H19F3N3O5S+. The van der Waals surface area contributed by atoms with E-state index in [4.69, 9.17) is 10.5 Å². The fourth-order valence-corrected chi connectivity index (χ4v) is 5.29. The maximum Gasteiger partial charge on any atom is 0.408 e. The van der Waals surface area contributed by atoms with E-state index in [1.165, 1.54) is 60.7 Å². The second-order valence-corrected chi connectivity index (χ2v) is 8.98. The summed E-state index contributed by atoms with van der Waals surface area (Å²) in [6.07, 6.45) is -0.509. The summed E-state index contributed by atoms with van der Waals surface area (Å²) in [5.41, 5.74) is 5.76. The van der Waals surface area contributed by atoms with Crippen LogP contribution in [0.15, 0.2) is 72.5 Å². The molecule has 8 nitrogen and oxygen atoms in total. The molecule has 1 unspecified atom stereocenters. The second-order valence-electron chi connectivity index (χ2n) is 6.90. The minimum atomic E-state index is -4.93. The topological polar surface area (TPSA) is 113 Å². The molecule has 0 spiro atoms. The van der Waals surface area contributed by atoms with Gasteiger partial charge >= 0.3 is 16.2 Å². The van der Waals surface area contributed by atoms with Crippen molar-refractivity contribution in [2.45, 2.75) is 6.18 Å². The van der Waals surface area contributed by atoms with Crippen LogP contribution in [0.1, 0.15) is 0 Å². The van der Waals surface area contributed by atoms with E-state index >= 15 is 0 Å². The molecule has 3 rings (SSSR count). The third-order valence-corrected chi connectivity index (χ3v) is 7.05. The number of rotatable bonds is 7. The summed E-state index contributed by atoms with van der Waals surface area (Å²) in [5, 5.41) is 10.7. The molecule has 1 atom stereocenters. The Balaban J connectivity index is 1.97. The van der Waals surface area contributed by atoms with Crippen molar-refractivity contribution in [1.29, 1.82) is 0 Å². The zero-order chi connectivity index (χ0) is 23.6. The first-order chi connectivity index (χ1) is 15.0. The molecule has 1 aliphatic rings. The molecule has 0 aliphatic carbocycles. The van der Waals surface area contributed by atoms with Crippen LogP contribution in [0.5, 0.6) is 11.5 Å². The minimum absolute atomic E-state index is 0.0753. The lowest BCUT2D eigenvalue weighted by Gasteiger charge is -2.38. The zero-order valence-electron chi connectivity index (χ0n) is 16.5. The largest absolute Gasteiger partial charge is 0.457 e. The van der Waals surface area contributed by atoms with Crippen molar-refractivity contribution in [3.8, 4) is 11.5 Å². The maximum atomic E-state index is 13.1. The number of hydrogen-bond donors (Lipinski definition) is 1. The molecule has 0 saturated carbocycles. The predicted molar refractivity (Wildman–Crippen MR) is 112 cm³/mol. The van der Waals surface area contributed by atoms with Crippen LogP contribution < -0.4 is 14.4 Å². The monoisotopic (exact) mass is 470 g/mol. The number of benzene rings is 2. The summed E-state index contributed by atoms with van der Waals surface area (Å²) in [5.74, 6) is -1.45. The van der Waals surface area contributed by atoms with E-state index in [-0.39, 0.29) is 35.9 Å². The highest BCUT2D eigenvalue weighted by Crippen LogP contribution is 2.39. The first kappa shape index (κ1) is 23.4. The summed E-state index contributed by atoms with van der Waals surface area (Å²) in [6.45, 7) is -0.507. The normalized spacial score (nSPS) is 18.8. The number of nitrogens with zero attached hydrogens (tertiary/aromatic N) is 2. The van der Waals surface area contributed by atoms with Crippen molar-refractivity contribution in [2.24, 2.45) is 5.73 Å². The van der Waals surface area contributed by atoms with Crippen molar-refractivity contribution in [2.75, 3.05) is 18.8 Å². The first-order valence-electron chi connectivity index (χ1n) is 9.25. The molecule has 0 fully saturated rings. The number of alkyl halides is 3. The molecule has 0 aromatic heterocycles. The van der Waals surface area contributed by atoms with Gasteiger partial charge in [-0.2, -0.15) is 25.5 Å². The van der Waals surface area contributed by atoms with Gasteiger partial charge in [0.05, 0.1) is 11.5 Å². The fraction of sp³-hybridized carbons (Fsp3) is 0.200. The molecule has 2 aromatic carbocycles. The van der Waals surface area contributed by atoms with Gasteiger partial charge in [-0.1, -0.05) is 6.08 Å². The summed E-state index contributed by atoms with van der Waals surface area (Å²) in [7, 11) is -4.79. The number of hydrogen-bond acceptors (Lipinski definition) is 6. The lowest BCUT2D eigenvalue weighted by atomic mass is 10.2. The molecule has 2 aromatic rings. The van der Waals surface area contributed by atoms with Crippen molar-refractivity contribution in [3.05, 3.63) is 82.6 Å². The lowest BCUT2D eigenvalue weighted by molar-refractivity contribution is -0.384. The number of allylic oxidation sites excluding steroid dienone is 2.